The van der Waals surface area contributed by atoms with Crippen LogP contribution in [0.1, 0.15) is 26.2 Å². The van der Waals surface area contributed by atoms with Gasteiger partial charge in [0.1, 0.15) is 0 Å². The van der Waals surface area contributed by atoms with E-state index in [4.69, 9.17) is 1.37 Å². The lowest BCUT2D eigenvalue weighted by molar-refractivity contribution is 0.0841. The van der Waals surface area contributed by atoms with Crippen molar-refractivity contribution in [3.63, 3.8) is 0 Å². The molecule has 1 aliphatic heterocycles. The molecular weight excluding hydrogens is 186 g/mol. The highest BCUT2D eigenvalue weighted by Crippen LogP contribution is 2.18. The first-order valence-electron chi connectivity index (χ1n) is 6.24. The average molecular weight is 206 g/mol. The summed E-state index contributed by atoms with van der Waals surface area (Å²) in [5.41, 5.74) is 1.02. The van der Waals surface area contributed by atoms with Crippen LogP contribution >= 0.6 is 0 Å². The van der Waals surface area contributed by atoms with E-state index in [1.165, 1.54) is 6.42 Å². The summed E-state index contributed by atoms with van der Waals surface area (Å²) in [6.45, 7) is 0.759. The summed E-state index contributed by atoms with van der Waals surface area (Å²) < 4.78 is 8.26. The standard InChI is InChI=1S/C13H19NO/c15-11-13-8-4-5-9-14(13)10-12-6-2-1-3-7-12/h1-3,6-7,13,15H,4-5,8-11H2/t13-/m0/s1/i10D/t10-,13-. The van der Waals surface area contributed by atoms with Gasteiger partial charge in [0.25, 0.3) is 0 Å². The summed E-state index contributed by atoms with van der Waals surface area (Å²) in [7, 11) is 0. The quantitative estimate of drug-likeness (QED) is 0.818. The van der Waals surface area contributed by atoms with Crippen molar-refractivity contribution in [2.45, 2.75) is 31.8 Å². The summed E-state index contributed by atoms with van der Waals surface area (Å²) in [6, 6.07) is 10.0. The Balaban J connectivity index is 2.10. The fourth-order valence-electron chi connectivity index (χ4n) is 2.12. The Morgan fingerprint density at radius 3 is 2.87 bits per heavy atom. The van der Waals surface area contributed by atoms with Gasteiger partial charge >= 0.3 is 0 Å². The Morgan fingerprint density at radius 1 is 1.33 bits per heavy atom. The number of aliphatic hydroxyl groups excluding tert-OH is 1. The number of aliphatic hydroxyl groups is 1. The minimum Gasteiger partial charge on any atom is -0.395 e. The first-order valence-corrected chi connectivity index (χ1v) is 5.66. The summed E-state index contributed by atoms with van der Waals surface area (Å²) in [6.07, 6.45) is 3.32. The number of likely N-dealkylation sites (tertiary alicyclic amines) is 1. The number of hydrogen-bond acceptors (Lipinski definition) is 2. The second-order valence-electron chi connectivity index (χ2n) is 4.11. The van der Waals surface area contributed by atoms with E-state index in [-0.39, 0.29) is 19.2 Å². The Labute approximate surface area is 92.9 Å². The van der Waals surface area contributed by atoms with Crippen LogP contribution in [0.4, 0.5) is 0 Å². The lowest BCUT2D eigenvalue weighted by Gasteiger charge is -2.34. The number of benzene rings is 1. The molecule has 1 aromatic carbocycles. The summed E-state index contributed by atoms with van der Waals surface area (Å²) in [4.78, 5) is 2.11. The summed E-state index contributed by atoms with van der Waals surface area (Å²) in [5.74, 6) is 0. The molecule has 0 saturated carbocycles. The second kappa shape index (κ2) is 5.29. The zero-order valence-electron chi connectivity index (χ0n) is 9.97. The normalized spacial score (nSPS) is 25.9. The van der Waals surface area contributed by atoms with E-state index in [2.05, 4.69) is 4.90 Å². The lowest BCUT2D eigenvalue weighted by atomic mass is 10.0. The van der Waals surface area contributed by atoms with E-state index in [0.717, 1.165) is 24.9 Å². The van der Waals surface area contributed by atoms with Gasteiger partial charge in [-0.05, 0) is 24.9 Å². The monoisotopic (exact) mass is 206 g/mol. The Bertz CT molecular complexity index is 317. The van der Waals surface area contributed by atoms with Crippen LogP contribution in [0.5, 0.6) is 0 Å². The van der Waals surface area contributed by atoms with Gasteiger partial charge in [0, 0.05) is 13.9 Å². The lowest BCUT2D eigenvalue weighted by Crippen LogP contribution is -2.41. The molecule has 82 valence electrons. The van der Waals surface area contributed by atoms with Crippen molar-refractivity contribution < 1.29 is 6.48 Å². The van der Waals surface area contributed by atoms with Crippen molar-refractivity contribution in [3.05, 3.63) is 35.9 Å². The van der Waals surface area contributed by atoms with Gasteiger partial charge in [-0.2, -0.15) is 0 Å². The molecule has 1 aliphatic rings. The van der Waals surface area contributed by atoms with E-state index in [0.29, 0.717) is 0 Å². The van der Waals surface area contributed by atoms with Gasteiger partial charge in [-0.3, -0.25) is 4.90 Å². The van der Waals surface area contributed by atoms with E-state index in [9.17, 15) is 5.11 Å². The smallest absolute Gasteiger partial charge is 0.0586 e. The highest BCUT2D eigenvalue weighted by atomic mass is 16.3. The van der Waals surface area contributed by atoms with Crippen LogP contribution < -0.4 is 0 Å². The molecule has 2 rings (SSSR count). The van der Waals surface area contributed by atoms with E-state index in [1.54, 1.807) is 0 Å². The molecule has 2 nitrogen and oxygen atoms in total. The van der Waals surface area contributed by atoms with Gasteiger partial charge in [-0.15, -0.1) is 0 Å². The largest absolute Gasteiger partial charge is 0.395 e. The summed E-state index contributed by atoms with van der Waals surface area (Å²) in [5, 5.41) is 9.33. The van der Waals surface area contributed by atoms with Gasteiger partial charge < -0.3 is 5.11 Å². The number of hydrogen-bond donors (Lipinski definition) is 1. The summed E-state index contributed by atoms with van der Waals surface area (Å²) >= 11 is 0. The van der Waals surface area contributed by atoms with Crippen molar-refractivity contribution in [3.8, 4) is 0 Å². The maximum atomic E-state index is 9.33. The minimum atomic E-state index is -0.335. The molecule has 2 heteroatoms. The first-order chi connectivity index (χ1) is 7.83. The predicted octanol–water partition coefficient (Wildman–Crippen LogP) is 2.03. The van der Waals surface area contributed by atoms with Gasteiger partial charge in [0.2, 0.25) is 0 Å². The average Bonchev–Trinajstić information content (AvgIpc) is 2.39. The number of rotatable bonds is 3. The highest BCUT2D eigenvalue weighted by Gasteiger charge is 2.21. The van der Waals surface area contributed by atoms with Crippen LogP contribution in [-0.2, 0) is 6.52 Å². The molecule has 0 bridgehead atoms. The highest BCUT2D eigenvalue weighted by molar-refractivity contribution is 5.14. The van der Waals surface area contributed by atoms with Gasteiger partial charge in [-0.25, -0.2) is 0 Å². The molecule has 15 heavy (non-hydrogen) atoms. The molecule has 0 radical (unpaired) electrons. The molecule has 1 saturated heterocycles. The first kappa shape index (κ1) is 9.37. The molecule has 0 spiro atoms. The SMILES string of the molecule is [2H][C@@H](c1ccccc1)N1CCCC[C@H]1CO. The van der Waals surface area contributed by atoms with Crippen molar-refractivity contribution in [1.29, 1.82) is 0 Å². The third-order valence-corrected chi connectivity index (χ3v) is 3.00. The van der Waals surface area contributed by atoms with Crippen molar-refractivity contribution in [2.75, 3.05) is 13.2 Å². The molecule has 0 unspecified atom stereocenters. The third-order valence-electron chi connectivity index (χ3n) is 3.00. The van der Waals surface area contributed by atoms with Crippen LogP contribution in [-0.4, -0.2) is 29.2 Å². The second-order valence-corrected chi connectivity index (χ2v) is 4.11. The van der Waals surface area contributed by atoms with Gasteiger partial charge in [0.15, 0.2) is 0 Å². The van der Waals surface area contributed by atoms with Gasteiger partial charge in [0.05, 0.1) is 6.61 Å². The fraction of sp³-hybridized carbons (Fsp3) is 0.538. The predicted molar refractivity (Wildman–Crippen MR) is 61.6 cm³/mol. The van der Waals surface area contributed by atoms with Crippen LogP contribution in [0.15, 0.2) is 30.3 Å². The molecule has 0 aliphatic carbocycles. The molecule has 0 aromatic heterocycles. The van der Waals surface area contributed by atoms with Crippen molar-refractivity contribution >= 4 is 0 Å². The van der Waals surface area contributed by atoms with Crippen LogP contribution in [0, 0.1) is 0 Å². The molecule has 0 amide bonds. The topological polar surface area (TPSA) is 23.5 Å². The number of piperidine rings is 1. The van der Waals surface area contributed by atoms with Crippen LogP contribution in [0.25, 0.3) is 0 Å². The Morgan fingerprint density at radius 2 is 2.13 bits per heavy atom. The zero-order valence-corrected chi connectivity index (χ0v) is 8.97. The maximum Gasteiger partial charge on any atom is 0.0586 e. The van der Waals surface area contributed by atoms with Crippen LogP contribution in [0.3, 0.4) is 0 Å². The maximum absolute atomic E-state index is 9.33. The molecule has 2 atom stereocenters. The number of nitrogens with zero attached hydrogens (tertiary/aromatic N) is 1. The molecule has 1 N–H and O–H groups in total. The zero-order chi connectivity index (χ0) is 11.4. The molecule has 1 aromatic rings. The fourth-order valence-corrected chi connectivity index (χ4v) is 2.12. The Hall–Kier alpha value is -0.860. The molecule has 1 heterocycles. The Kier molecular flexibility index (Phi) is 3.30. The minimum absolute atomic E-state index is 0.163. The van der Waals surface area contributed by atoms with Crippen molar-refractivity contribution in [1.82, 2.24) is 4.90 Å². The van der Waals surface area contributed by atoms with Crippen molar-refractivity contribution in [2.24, 2.45) is 0 Å². The van der Waals surface area contributed by atoms with E-state index in [1.807, 2.05) is 30.3 Å². The van der Waals surface area contributed by atoms with Gasteiger partial charge in [-0.1, -0.05) is 36.8 Å². The molecule has 1 fully saturated rings. The van der Waals surface area contributed by atoms with E-state index < -0.39 is 0 Å². The van der Waals surface area contributed by atoms with E-state index >= 15 is 0 Å². The van der Waals surface area contributed by atoms with Crippen LogP contribution in [0.2, 0.25) is 0 Å². The molecular formula is C13H19NO. The third kappa shape index (κ3) is 2.80.